The molecule has 1 N–H and O–H groups in total. The fourth-order valence-electron chi connectivity index (χ4n) is 4.01. The summed E-state index contributed by atoms with van der Waals surface area (Å²) in [5.41, 5.74) is 3.31. The molecule has 0 bridgehead atoms. The van der Waals surface area contributed by atoms with Crippen molar-refractivity contribution in [2.45, 2.75) is 12.5 Å². The van der Waals surface area contributed by atoms with E-state index < -0.39 is 6.04 Å². The molecule has 1 aliphatic heterocycles. The number of amides is 1. The van der Waals surface area contributed by atoms with Crippen molar-refractivity contribution in [2.75, 3.05) is 6.54 Å². The minimum atomic E-state index is -0.567. The van der Waals surface area contributed by atoms with Crippen LogP contribution in [0.3, 0.4) is 0 Å². The van der Waals surface area contributed by atoms with Crippen LogP contribution in [0.4, 0.5) is 4.39 Å². The number of carbonyl (C=O) groups excluding carboxylic acids is 1. The number of fused-ring (bicyclic) bond motifs is 2. The Balaban J connectivity index is 1.41. The molecule has 1 aliphatic rings. The van der Waals surface area contributed by atoms with Gasteiger partial charge >= 0.3 is 0 Å². The molecule has 1 atom stereocenters. The first-order valence-corrected chi connectivity index (χ1v) is 10.7. The molecule has 0 saturated carbocycles. The Morgan fingerprint density at radius 2 is 2.25 bits per heavy atom. The van der Waals surface area contributed by atoms with E-state index in [4.69, 9.17) is 0 Å². The average molecular weight is 449 g/mol. The number of H-pyrrole nitrogens is 1. The van der Waals surface area contributed by atoms with E-state index in [1.165, 1.54) is 21.9 Å². The van der Waals surface area contributed by atoms with Gasteiger partial charge in [-0.05, 0) is 18.2 Å². The predicted molar refractivity (Wildman–Crippen MR) is 112 cm³/mol. The van der Waals surface area contributed by atoms with Gasteiger partial charge in [0.1, 0.15) is 17.4 Å². The van der Waals surface area contributed by atoms with Crippen LogP contribution in [0.5, 0.6) is 0 Å². The summed E-state index contributed by atoms with van der Waals surface area (Å²) in [6.45, 7) is 0.441. The number of aromatic amines is 1. The first-order valence-electron chi connectivity index (χ1n) is 9.88. The van der Waals surface area contributed by atoms with Gasteiger partial charge in [0.2, 0.25) is 5.01 Å². The maximum atomic E-state index is 14.3. The lowest BCUT2D eigenvalue weighted by Crippen LogP contribution is -2.41. The molecule has 10 nitrogen and oxygen atoms in total. The molecule has 6 heterocycles. The summed E-state index contributed by atoms with van der Waals surface area (Å²) >= 11 is 1.21. The number of halogens is 1. The molecular formula is C20H16FN9OS. The maximum Gasteiger partial charge on any atom is 0.285 e. The van der Waals surface area contributed by atoms with Crippen LogP contribution >= 0.6 is 11.3 Å². The van der Waals surface area contributed by atoms with E-state index >= 15 is 0 Å². The number of imidazole rings is 1. The SMILES string of the molecule is Cn1cc(-c2nnc(C(=O)N3CCc4[nH]cnc4[C@@H]3c3cc4c(F)cccn4n3)s2)cn1. The summed E-state index contributed by atoms with van der Waals surface area (Å²) < 4.78 is 17.4. The van der Waals surface area contributed by atoms with Gasteiger partial charge in [0, 0.05) is 38.1 Å². The number of pyridine rings is 1. The molecule has 12 heteroatoms. The number of aryl methyl sites for hydroxylation is 1. The summed E-state index contributed by atoms with van der Waals surface area (Å²) in [4.78, 5) is 22.8. The maximum absolute atomic E-state index is 14.3. The first-order chi connectivity index (χ1) is 15.6. The molecule has 0 fully saturated rings. The van der Waals surface area contributed by atoms with E-state index in [1.54, 1.807) is 40.4 Å². The Labute approximate surface area is 184 Å². The zero-order valence-electron chi connectivity index (χ0n) is 16.8. The topological polar surface area (TPSA) is 110 Å². The van der Waals surface area contributed by atoms with E-state index in [-0.39, 0.29) is 16.7 Å². The van der Waals surface area contributed by atoms with Crippen LogP contribution in [0.25, 0.3) is 16.1 Å². The van der Waals surface area contributed by atoms with Crippen molar-refractivity contribution in [3.8, 4) is 10.6 Å². The number of aromatic nitrogens is 8. The zero-order valence-corrected chi connectivity index (χ0v) is 17.6. The van der Waals surface area contributed by atoms with Crippen LogP contribution in [-0.2, 0) is 13.5 Å². The van der Waals surface area contributed by atoms with Crippen LogP contribution < -0.4 is 0 Å². The summed E-state index contributed by atoms with van der Waals surface area (Å²) in [5.74, 6) is -0.652. The monoisotopic (exact) mass is 449 g/mol. The Hall–Kier alpha value is -3.93. The van der Waals surface area contributed by atoms with Gasteiger partial charge in [0.15, 0.2) is 5.01 Å². The Morgan fingerprint density at radius 3 is 3.06 bits per heavy atom. The van der Waals surface area contributed by atoms with Crippen molar-refractivity contribution in [1.82, 2.24) is 44.5 Å². The molecule has 32 heavy (non-hydrogen) atoms. The molecule has 0 saturated heterocycles. The van der Waals surface area contributed by atoms with Crippen LogP contribution in [0, 0.1) is 5.82 Å². The molecular weight excluding hydrogens is 433 g/mol. The van der Waals surface area contributed by atoms with Crippen molar-refractivity contribution >= 4 is 22.8 Å². The van der Waals surface area contributed by atoms with Crippen molar-refractivity contribution in [3.63, 3.8) is 0 Å². The number of nitrogens with one attached hydrogen (secondary N) is 1. The second kappa shape index (κ2) is 7.05. The quantitative estimate of drug-likeness (QED) is 0.452. The summed E-state index contributed by atoms with van der Waals surface area (Å²) in [5, 5.41) is 17.9. The van der Waals surface area contributed by atoms with Gasteiger partial charge in [0.05, 0.1) is 29.5 Å². The number of hydrogen-bond acceptors (Lipinski definition) is 7. The van der Waals surface area contributed by atoms with E-state index in [1.807, 2.05) is 13.2 Å². The molecule has 0 aromatic carbocycles. The van der Waals surface area contributed by atoms with Crippen molar-refractivity contribution in [2.24, 2.45) is 7.05 Å². The van der Waals surface area contributed by atoms with Crippen molar-refractivity contribution < 1.29 is 9.18 Å². The van der Waals surface area contributed by atoms with Gasteiger partial charge in [-0.1, -0.05) is 11.3 Å². The third-order valence-electron chi connectivity index (χ3n) is 5.49. The largest absolute Gasteiger partial charge is 0.348 e. The lowest BCUT2D eigenvalue weighted by Gasteiger charge is -2.33. The zero-order chi connectivity index (χ0) is 21.8. The van der Waals surface area contributed by atoms with Crippen LogP contribution in [0.15, 0.2) is 43.1 Å². The lowest BCUT2D eigenvalue weighted by atomic mass is 9.99. The number of rotatable bonds is 3. The van der Waals surface area contributed by atoms with Gasteiger partial charge in [-0.25, -0.2) is 13.9 Å². The molecule has 1 amide bonds. The summed E-state index contributed by atoms with van der Waals surface area (Å²) in [6, 6.07) is 4.06. The van der Waals surface area contributed by atoms with E-state index in [2.05, 4.69) is 30.4 Å². The molecule has 0 unspecified atom stereocenters. The molecule has 5 aromatic rings. The fourth-order valence-corrected chi connectivity index (χ4v) is 4.78. The van der Waals surface area contributed by atoms with Gasteiger partial charge in [-0.3, -0.25) is 9.48 Å². The first kappa shape index (κ1) is 18.8. The minimum Gasteiger partial charge on any atom is -0.348 e. The molecule has 0 radical (unpaired) electrons. The molecule has 5 aromatic heterocycles. The third-order valence-corrected chi connectivity index (χ3v) is 6.46. The normalized spacial score (nSPS) is 15.9. The molecule has 0 aliphatic carbocycles. The Bertz CT molecular complexity index is 1460. The number of nitrogens with zero attached hydrogens (tertiary/aromatic N) is 8. The highest BCUT2D eigenvalue weighted by Crippen LogP contribution is 2.35. The van der Waals surface area contributed by atoms with Gasteiger partial charge < -0.3 is 9.88 Å². The molecule has 160 valence electrons. The lowest BCUT2D eigenvalue weighted by molar-refractivity contribution is 0.0685. The van der Waals surface area contributed by atoms with Crippen LogP contribution in [-0.4, -0.2) is 56.9 Å². The third kappa shape index (κ3) is 2.91. The highest BCUT2D eigenvalue weighted by molar-refractivity contribution is 7.16. The van der Waals surface area contributed by atoms with Gasteiger partial charge in [-0.15, -0.1) is 10.2 Å². The highest BCUT2D eigenvalue weighted by atomic mass is 32.1. The van der Waals surface area contributed by atoms with Gasteiger partial charge in [0.25, 0.3) is 5.91 Å². The summed E-state index contributed by atoms with van der Waals surface area (Å²) in [6.07, 6.45) is 7.40. The van der Waals surface area contributed by atoms with E-state index in [9.17, 15) is 9.18 Å². The summed E-state index contributed by atoms with van der Waals surface area (Å²) in [7, 11) is 1.81. The predicted octanol–water partition coefficient (Wildman–Crippen LogP) is 2.24. The number of carbonyl (C=O) groups is 1. The van der Waals surface area contributed by atoms with Crippen molar-refractivity contribution in [1.29, 1.82) is 0 Å². The molecule has 6 rings (SSSR count). The van der Waals surface area contributed by atoms with Crippen molar-refractivity contribution in [3.05, 3.63) is 71.0 Å². The highest BCUT2D eigenvalue weighted by Gasteiger charge is 2.37. The number of hydrogen-bond donors (Lipinski definition) is 1. The van der Waals surface area contributed by atoms with Gasteiger partial charge in [-0.2, -0.15) is 10.2 Å². The minimum absolute atomic E-state index is 0.266. The standard InChI is InChI=1S/C20H16FN9OS/c1-28-9-11(8-24-28)18-25-26-19(32-18)20(31)29-6-4-13-16(23-10-22-13)17(29)14-7-15-12(21)3-2-5-30(15)27-14/h2-3,5,7-10,17H,4,6H2,1H3,(H,22,23)/t17-/m0/s1. The average Bonchev–Trinajstić information content (AvgIpc) is 3.57. The second-order valence-corrected chi connectivity index (χ2v) is 8.47. The van der Waals surface area contributed by atoms with Crippen LogP contribution in [0.2, 0.25) is 0 Å². The van der Waals surface area contributed by atoms with Crippen LogP contribution in [0.1, 0.15) is 32.9 Å². The smallest absolute Gasteiger partial charge is 0.285 e. The fraction of sp³-hybridized carbons (Fsp3) is 0.200. The Morgan fingerprint density at radius 1 is 1.34 bits per heavy atom. The van der Waals surface area contributed by atoms with E-state index in [0.717, 1.165) is 11.3 Å². The molecule has 0 spiro atoms. The second-order valence-electron chi connectivity index (χ2n) is 7.49. The van der Waals surface area contributed by atoms with E-state index in [0.29, 0.717) is 34.9 Å². The Kier molecular flexibility index (Phi) is 4.15.